The third kappa shape index (κ3) is 5.17. The van der Waals surface area contributed by atoms with Crippen LogP contribution in [-0.2, 0) is 4.79 Å². The van der Waals surface area contributed by atoms with Crippen molar-refractivity contribution in [3.05, 3.63) is 94.6 Å². The maximum Gasteiger partial charge on any atom is 0.268 e. The van der Waals surface area contributed by atoms with E-state index in [4.69, 9.17) is 9.15 Å². The SMILES string of the molecule is Cc1ccc2c(c1)[C@@H](NC(=O)/C(=C/c1ccco1)NC(=O)c1ccccc1C)CC(C)(C)O2. The van der Waals surface area contributed by atoms with E-state index in [1.54, 1.807) is 24.3 Å². The van der Waals surface area contributed by atoms with Crippen LogP contribution in [0.2, 0.25) is 0 Å². The van der Waals surface area contributed by atoms with Crippen molar-refractivity contribution in [2.24, 2.45) is 0 Å². The fourth-order valence-corrected chi connectivity index (χ4v) is 4.03. The minimum absolute atomic E-state index is 0.108. The van der Waals surface area contributed by atoms with Crippen LogP contribution in [0, 0.1) is 13.8 Å². The van der Waals surface area contributed by atoms with Gasteiger partial charge in [0.25, 0.3) is 11.8 Å². The molecule has 1 aliphatic rings. The Hall–Kier alpha value is -3.80. The Morgan fingerprint density at radius 2 is 1.85 bits per heavy atom. The maximum absolute atomic E-state index is 13.4. The number of ether oxygens (including phenoxy) is 1. The highest BCUT2D eigenvalue weighted by molar-refractivity contribution is 6.05. The zero-order chi connectivity index (χ0) is 23.6. The van der Waals surface area contributed by atoms with Crippen molar-refractivity contribution in [3.8, 4) is 5.75 Å². The maximum atomic E-state index is 13.4. The summed E-state index contributed by atoms with van der Waals surface area (Å²) >= 11 is 0. The number of benzene rings is 2. The number of hydrogen-bond acceptors (Lipinski definition) is 4. The van der Waals surface area contributed by atoms with Gasteiger partial charge in [-0.1, -0.05) is 35.9 Å². The van der Waals surface area contributed by atoms with Crippen LogP contribution in [0.5, 0.6) is 5.75 Å². The zero-order valence-corrected chi connectivity index (χ0v) is 19.3. The van der Waals surface area contributed by atoms with Crippen LogP contribution >= 0.6 is 0 Å². The molecule has 1 aromatic heterocycles. The van der Waals surface area contributed by atoms with Gasteiger partial charge in [0.05, 0.1) is 12.3 Å². The van der Waals surface area contributed by atoms with Gasteiger partial charge in [0, 0.05) is 23.6 Å². The first kappa shape index (κ1) is 22.4. The molecule has 1 atom stereocenters. The summed E-state index contributed by atoms with van der Waals surface area (Å²) in [5.41, 5.74) is 2.99. The third-order valence-electron chi connectivity index (χ3n) is 5.64. The van der Waals surface area contributed by atoms with Gasteiger partial charge >= 0.3 is 0 Å². The third-order valence-corrected chi connectivity index (χ3v) is 5.64. The van der Waals surface area contributed by atoms with E-state index >= 15 is 0 Å². The molecule has 2 heterocycles. The quantitative estimate of drug-likeness (QED) is 0.538. The summed E-state index contributed by atoms with van der Waals surface area (Å²) in [7, 11) is 0. The molecule has 0 aliphatic carbocycles. The molecule has 0 spiro atoms. The minimum atomic E-state index is -0.449. The summed E-state index contributed by atoms with van der Waals surface area (Å²) in [4.78, 5) is 26.4. The van der Waals surface area contributed by atoms with Crippen LogP contribution in [0.15, 0.2) is 71.0 Å². The number of aryl methyl sites for hydroxylation is 2. The van der Waals surface area contributed by atoms with Crippen LogP contribution in [0.25, 0.3) is 6.08 Å². The first-order chi connectivity index (χ1) is 15.7. The molecule has 4 rings (SSSR count). The Kier molecular flexibility index (Phi) is 6.09. The van der Waals surface area contributed by atoms with Crippen molar-refractivity contribution < 1.29 is 18.7 Å². The molecule has 3 aromatic rings. The average molecular weight is 445 g/mol. The first-order valence-corrected chi connectivity index (χ1v) is 10.9. The molecule has 0 radical (unpaired) electrons. The fourth-order valence-electron chi connectivity index (χ4n) is 4.03. The van der Waals surface area contributed by atoms with Crippen LogP contribution < -0.4 is 15.4 Å². The van der Waals surface area contributed by atoms with Crippen molar-refractivity contribution in [3.63, 3.8) is 0 Å². The van der Waals surface area contributed by atoms with E-state index in [0.717, 1.165) is 22.4 Å². The highest BCUT2D eigenvalue weighted by atomic mass is 16.5. The Labute approximate surface area is 193 Å². The Bertz CT molecular complexity index is 1210. The lowest BCUT2D eigenvalue weighted by atomic mass is 9.89. The van der Waals surface area contributed by atoms with Crippen molar-refractivity contribution >= 4 is 17.9 Å². The Morgan fingerprint density at radius 1 is 1.06 bits per heavy atom. The first-order valence-electron chi connectivity index (χ1n) is 10.9. The summed E-state index contributed by atoms with van der Waals surface area (Å²) in [6, 6.07) is 16.4. The molecular formula is C27H28N2O4. The van der Waals surface area contributed by atoms with Crippen molar-refractivity contribution in [2.75, 3.05) is 0 Å². The predicted octanol–water partition coefficient (Wildman–Crippen LogP) is 5.09. The lowest BCUT2D eigenvalue weighted by Crippen LogP contribution is -2.43. The Balaban J connectivity index is 1.63. The second-order valence-corrected chi connectivity index (χ2v) is 8.98. The second kappa shape index (κ2) is 8.98. The molecule has 170 valence electrons. The van der Waals surface area contributed by atoms with Gasteiger partial charge in [-0.15, -0.1) is 0 Å². The van der Waals surface area contributed by atoms with Crippen molar-refractivity contribution in [1.82, 2.24) is 10.6 Å². The van der Waals surface area contributed by atoms with E-state index in [1.165, 1.54) is 12.3 Å². The van der Waals surface area contributed by atoms with Gasteiger partial charge in [-0.3, -0.25) is 9.59 Å². The van der Waals surface area contributed by atoms with Crippen molar-refractivity contribution in [2.45, 2.75) is 45.8 Å². The molecule has 0 fully saturated rings. The molecule has 0 bridgehead atoms. The topological polar surface area (TPSA) is 80.6 Å². The highest BCUT2D eigenvalue weighted by Gasteiger charge is 2.35. The van der Waals surface area contributed by atoms with Gasteiger partial charge in [0.15, 0.2) is 0 Å². The lowest BCUT2D eigenvalue weighted by molar-refractivity contribution is -0.119. The van der Waals surface area contributed by atoms with Crippen LogP contribution in [-0.4, -0.2) is 17.4 Å². The van der Waals surface area contributed by atoms with E-state index in [-0.39, 0.29) is 17.6 Å². The van der Waals surface area contributed by atoms with Gasteiger partial charge in [-0.05, 0) is 57.5 Å². The number of carbonyl (C=O) groups is 2. The molecular weight excluding hydrogens is 416 g/mol. The van der Waals surface area contributed by atoms with Gasteiger partial charge in [0.2, 0.25) is 0 Å². The van der Waals surface area contributed by atoms with E-state index in [0.29, 0.717) is 17.7 Å². The van der Waals surface area contributed by atoms with Gasteiger partial charge in [-0.25, -0.2) is 0 Å². The standard InChI is InChI=1S/C27H28N2O4/c1-17-11-12-24-21(14-17)23(16-27(3,4)33-24)29-26(31)22(15-19-9-7-13-32-19)28-25(30)20-10-6-5-8-18(20)2/h5-15,23H,16H2,1-4H3,(H,28,30)(H,29,31)/b22-15-/t23-/m0/s1. The number of furan rings is 1. The Morgan fingerprint density at radius 3 is 2.58 bits per heavy atom. The predicted molar refractivity (Wildman–Crippen MR) is 127 cm³/mol. The monoisotopic (exact) mass is 444 g/mol. The van der Waals surface area contributed by atoms with E-state index in [9.17, 15) is 9.59 Å². The van der Waals surface area contributed by atoms with E-state index in [1.807, 2.05) is 58.0 Å². The summed E-state index contributed by atoms with van der Waals surface area (Å²) in [5, 5.41) is 5.88. The fraction of sp³-hybridized carbons (Fsp3) is 0.259. The summed E-state index contributed by atoms with van der Waals surface area (Å²) in [5.74, 6) is 0.463. The highest BCUT2D eigenvalue weighted by Crippen LogP contribution is 2.40. The second-order valence-electron chi connectivity index (χ2n) is 8.98. The summed E-state index contributed by atoms with van der Waals surface area (Å²) in [6.07, 6.45) is 3.65. The number of hydrogen-bond donors (Lipinski definition) is 2. The lowest BCUT2D eigenvalue weighted by Gasteiger charge is -2.38. The van der Waals surface area contributed by atoms with Crippen LogP contribution in [0.4, 0.5) is 0 Å². The molecule has 0 saturated heterocycles. The molecule has 2 amide bonds. The number of nitrogens with one attached hydrogen (secondary N) is 2. The average Bonchev–Trinajstić information content (AvgIpc) is 3.26. The number of amides is 2. The number of rotatable bonds is 5. The number of fused-ring (bicyclic) bond motifs is 1. The van der Waals surface area contributed by atoms with Gasteiger partial charge in [0.1, 0.15) is 22.8 Å². The van der Waals surface area contributed by atoms with Crippen molar-refractivity contribution in [1.29, 1.82) is 0 Å². The van der Waals surface area contributed by atoms with Crippen LogP contribution in [0.3, 0.4) is 0 Å². The molecule has 2 N–H and O–H groups in total. The molecule has 33 heavy (non-hydrogen) atoms. The largest absolute Gasteiger partial charge is 0.487 e. The molecule has 0 unspecified atom stereocenters. The van der Waals surface area contributed by atoms with Gasteiger partial charge in [-0.2, -0.15) is 0 Å². The van der Waals surface area contributed by atoms with E-state index in [2.05, 4.69) is 10.6 Å². The number of carbonyl (C=O) groups excluding carboxylic acids is 2. The van der Waals surface area contributed by atoms with E-state index < -0.39 is 11.5 Å². The van der Waals surface area contributed by atoms with Gasteiger partial charge < -0.3 is 19.8 Å². The molecule has 6 heteroatoms. The molecule has 2 aromatic carbocycles. The normalized spacial score (nSPS) is 17.0. The summed E-state index contributed by atoms with van der Waals surface area (Å²) in [6.45, 7) is 7.85. The molecule has 1 aliphatic heterocycles. The smallest absolute Gasteiger partial charge is 0.268 e. The molecule has 6 nitrogen and oxygen atoms in total. The summed E-state index contributed by atoms with van der Waals surface area (Å²) < 4.78 is 11.5. The zero-order valence-electron chi connectivity index (χ0n) is 19.3. The molecule has 0 saturated carbocycles. The minimum Gasteiger partial charge on any atom is -0.487 e. The van der Waals surface area contributed by atoms with Crippen LogP contribution in [0.1, 0.15) is 59.1 Å².